The molecule has 0 aromatic heterocycles. The van der Waals surface area contributed by atoms with Gasteiger partial charge in [0, 0.05) is 13.7 Å². The van der Waals surface area contributed by atoms with E-state index < -0.39 is 47.7 Å². The fourth-order valence-corrected chi connectivity index (χ4v) is 17.7. The molecule has 0 bridgehead atoms. The maximum Gasteiger partial charge on any atom is 0.805 e. The van der Waals surface area contributed by atoms with E-state index in [2.05, 4.69) is 0 Å². The summed E-state index contributed by atoms with van der Waals surface area (Å²) in [6.07, 6.45) is 0. The number of benzene rings is 9. The van der Waals surface area contributed by atoms with Gasteiger partial charge in [0.1, 0.15) is 51.7 Å². The predicted molar refractivity (Wildman–Crippen MR) is 301 cm³/mol. The number of aromatic hydroxyl groups is 3. The van der Waals surface area contributed by atoms with Crippen molar-refractivity contribution >= 4 is 47.7 Å². The normalized spacial score (nSPS) is 17.6. The third kappa shape index (κ3) is 15.6. The third-order valence-electron chi connectivity index (χ3n) is 10.3. The summed E-state index contributed by atoms with van der Waals surface area (Å²) in [4.78, 5) is 0. The Balaban J connectivity index is 1.12. The van der Waals surface area contributed by atoms with Crippen molar-refractivity contribution in [2.75, 3.05) is 0 Å². The summed E-state index contributed by atoms with van der Waals surface area (Å²) in [5.41, 5.74) is 0. The molecule has 0 saturated heterocycles. The molecule has 9 aromatic carbocycles. The standard InChI is InChI=1S/C54H39N3O18P6/c58-40-16-22-49(23-17-40)70-79(73-52-34-28-46(29-35-52)67-76(61)64-43-10-4-1-5-11-43)55-80(71-50-24-18-41(59)19-25-50,74-53-36-30-47(31-37-53)68-77(62)65-44-12-6-2-7-13-44)57-81(56-79,72-51-26-20-42(60)21-27-51)75-54-38-32-48(33-39-54)69-78(63)66-45-14-8-3-9-15-45/h1-39H/p+3. The average Bonchev–Trinajstić information content (AvgIpc) is 3.54. The summed E-state index contributed by atoms with van der Waals surface area (Å²) in [7, 11) is -21.8. The van der Waals surface area contributed by atoms with Crippen LogP contribution in [0.4, 0.5) is 0 Å². The summed E-state index contributed by atoms with van der Waals surface area (Å²) in [6.45, 7) is 0. The van der Waals surface area contributed by atoms with Gasteiger partial charge in [-0.2, -0.15) is 0 Å². The van der Waals surface area contributed by atoms with Gasteiger partial charge in [-0.05, 0) is 182 Å². The SMILES string of the molecule is O=[P+](Oc1ccccc1)Oc1ccc(OP2(Oc3ccc(O)cc3)=NP(Oc3ccc(O)cc3)(Oc3ccc(O[P+](=O)Oc4ccccc4)cc3)=NP(Oc3ccc(O)cc3)(Oc3ccc(O[P+](=O)Oc4ccccc4)cc3)=N2)cc1. The molecule has 10 rings (SSSR count). The molecule has 27 heteroatoms. The van der Waals surface area contributed by atoms with Crippen molar-refractivity contribution in [2.45, 2.75) is 0 Å². The zero-order chi connectivity index (χ0) is 56.1. The summed E-state index contributed by atoms with van der Waals surface area (Å²) in [5, 5.41) is 31.2. The monoisotopic (exact) mass is 1210 g/mol. The van der Waals surface area contributed by atoms with E-state index >= 15 is 0 Å². The fourth-order valence-electron chi connectivity index (χ4n) is 6.80. The summed E-state index contributed by atoms with van der Waals surface area (Å²) < 4.78 is 128. The van der Waals surface area contributed by atoms with Crippen LogP contribution in [0.2, 0.25) is 0 Å². The molecular weight excluding hydrogens is 1160 g/mol. The van der Waals surface area contributed by atoms with Crippen LogP contribution in [-0.4, -0.2) is 15.3 Å². The van der Waals surface area contributed by atoms with Crippen LogP contribution in [0, 0.1) is 0 Å². The molecule has 21 nitrogen and oxygen atoms in total. The smallest absolute Gasteiger partial charge is 0.508 e. The minimum absolute atomic E-state index is 0.0372. The van der Waals surface area contributed by atoms with Gasteiger partial charge < -0.3 is 42.5 Å². The molecule has 9 aromatic rings. The van der Waals surface area contributed by atoms with Gasteiger partial charge in [-0.15, -0.1) is 0 Å². The first-order valence-electron chi connectivity index (χ1n) is 23.7. The Morgan fingerprint density at radius 3 is 0.593 bits per heavy atom. The van der Waals surface area contributed by atoms with Crippen LogP contribution in [0.5, 0.6) is 86.2 Å². The Kier molecular flexibility index (Phi) is 17.3. The topological polar surface area (TPSA) is 260 Å². The van der Waals surface area contributed by atoms with Crippen molar-refractivity contribution in [3.8, 4) is 86.2 Å². The second-order valence-corrected chi connectivity index (χ2v) is 25.0. The van der Waals surface area contributed by atoms with E-state index in [1.54, 1.807) is 91.0 Å². The van der Waals surface area contributed by atoms with E-state index in [0.29, 0.717) is 17.2 Å². The molecule has 0 radical (unpaired) electrons. The third-order valence-corrected chi connectivity index (χ3v) is 20.6. The Morgan fingerprint density at radius 2 is 0.395 bits per heavy atom. The second kappa shape index (κ2) is 25.4. The van der Waals surface area contributed by atoms with Crippen molar-refractivity contribution in [1.82, 2.24) is 0 Å². The van der Waals surface area contributed by atoms with Crippen molar-refractivity contribution in [3.63, 3.8) is 0 Å². The molecule has 3 atom stereocenters. The molecule has 0 aliphatic carbocycles. The van der Waals surface area contributed by atoms with E-state index in [-0.39, 0.29) is 69.0 Å². The minimum atomic E-state index is -4.58. The highest BCUT2D eigenvalue weighted by molar-refractivity contribution is 7.79. The largest absolute Gasteiger partial charge is 0.805 e. The molecule has 1 aliphatic heterocycles. The van der Waals surface area contributed by atoms with Crippen molar-refractivity contribution in [1.29, 1.82) is 0 Å². The summed E-state index contributed by atoms with van der Waals surface area (Å²) >= 11 is 0. The molecule has 1 aliphatic rings. The number of para-hydroxylation sites is 3. The summed E-state index contributed by atoms with van der Waals surface area (Å²) in [6, 6.07) is 59.5. The number of phenols is 3. The molecular formula is C54H42N3O18P6+3. The van der Waals surface area contributed by atoms with Gasteiger partial charge in [-0.1, -0.05) is 68.1 Å². The minimum Gasteiger partial charge on any atom is -0.508 e. The van der Waals surface area contributed by atoms with E-state index in [0.717, 1.165) is 0 Å². The number of hydrogen-bond donors (Lipinski definition) is 3. The highest BCUT2D eigenvalue weighted by atomic mass is 31.3. The lowest BCUT2D eigenvalue weighted by Gasteiger charge is -2.33. The molecule has 0 spiro atoms. The molecule has 0 saturated carbocycles. The van der Waals surface area contributed by atoms with E-state index in [1.165, 1.54) is 146 Å². The Labute approximate surface area is 465 Å². The van der Waals surface area contributed by atoms with Crippen molar-refractivity contribution < 1.29 is 83.3 Å². The van der Waals surface area contributed by atoms with Crippen LogP contribution >= 0.6 is 47.7 Å². The Hall–Kier alpha value is -9.03. The highest BCUT2D eigenvalue weighted by Crippen LogP contribution is 2.78. The molecule has 3 N–H and O–H groups in total. The van der Waals surface area contributed by atoms with Gasteiger partial charge >= 0.3 is 47.7 Å². The number of phenolic OH excluding ortho intramolecular Hbond substituents is 3. The Bertz CT molecular complexity index is 3400. The first-order chi connectivity index (χ1) is 39.3. The first kappa shape index (κ1) is 55.3. The van der Waals surface area contributed by atoms with E-state index in [1.807, 2.05) is 0 Å². The van der Waals surface area contributed by atoms with Crippen LogP contribution in [-0.2, 0) is 13.7 Å². The van der Waals surface area contributed by atoms with Gasteiger partial charge in [0.15, 0.2) is 34.5 Å². The van der Waals surface area contributed by atoms with E-state index in [4.69, 9.17) is 67.8 Å². The van der Waals surface area contributed by atoms with Crippen molar-refractivity contribution in [2.24, 2.45) is 13.5 Å². The van der Waals surface area contributed by atoms with Crippen molar-refractivity contribution in [3.05, 3.63) is 237 Å². The van der Waals surface area contributed by atoms with Crippen LogP contribution < -0.4 is 54.3 Å². The highest BCUT2D eigenvalue weighted by Gasteiger charge is 2.49. The molecule has 408 valence electrons. The molecule has 0 fully saturated rings. The van der Waals surface area contributed by atoms with Crippen LogP contribution in [0.1, 0.15) is 0 Å². The fraction of sp³-hybridized carbons (Fsp3) is 0. The van der Waals surface area contributed by atoms with Gasteiger partial charge in [0.05, 0.1) is 0 Å². The van der Waals surface area contributed by atoms with Crippen LogP contribution in [0.3, 0.4) is 0 Å². The first-order valence-corrected chi connectivity index (χ1v) is 31.6. The molecule has 0 amide bonds. The molecule has 1 heterocycles. The van der Waals surface area contributed by atoms with Crippen LogP contribution in [0.25, 0.3) is 0 Å². The lowest BCUT2D eigenvalue weighted by Crippen LogP contribution is -2.11. The van der Waals surface area contributed by atoms with Gasteiger partial charge in [-0.25, -0.2) is 27.1 Å². The number of nitrogens with zero attached hydrogens (tertiary/aromatic N) is 3. The quantitative estimate of drug-likeness (QED) is 0.0475. The zero-order valence-corrected chi connectivity index (χ0v) is 46.9. The molecule has 3 unspecified atom stereocenters. The lowest BCUT2D eigenvalue weighted by molar-refractivity contribution is 0.414. The van der Waals surface area contributed by atoms with Gasteiger partial charge in [-0.3, -0.25) is 0 Å². The van der Waals surface area contributed by atoms with E-state index in [9.17, 15) is 29.0 Å². The maximum absolute atomic E-state index is 13.0. The summed E-state index contributed by atoms with van der Waals surface area (Å²) in [5.74, 6) is 1.25. The van der Waals surface area contributed by atoms with Crippen LogP contribution in [0.15, 0.2) is 250 Å². The number of hydrogen-bond acceptors (Lipinski definition) is 21. The Morgan fingerprint density at radius 1 is 0.235 bits per heavy atom. The maximum atomic E-state index is 13.0. The van der Waals surface area contributed by atoms with Gasteiger partial charge in [0.2, 0.25) is 0 Å². The predicted octanol–water partition coefficient (Wildman–Crippen LogP) is 17.8. The number of rotatable bonds is 24. The molecule has 81 heavy (non-hydrogen) atoms. The van der Waals surface area contributed by atoms with Gasteiger partial charge in [0.25, 0.3) is 0 Å². The zero-order valence-electron chi connectivity index (χ0n) is 41.5. The average molecular weight is 1210 g/mol. The lowest BCUT2D eigenvalue weighted by atomic mass is 10.3. The second-order valence-electron chi connectivity index (χ2n) is 16.3.